The van der Waals surface area contributed by atoms with Gasteiger partial charge in [-0.1, -0.05) is 17.7 Å². The fourth-order valence-electron chi connectivity index (χ4n) is 1.15. The van der Waals surface area contributed by atoms with Gasteiger partial charge >= 0.3 is 0 Å². The van der Waals surface area contributed by atoms with E-state index in [1.54, 1.807) is 18.2 Å². The molecule has 1 amide bonds. The van der Waals surface area contributed by atoms with Gasteiger partial charge in [-0.3, -0.25) is 4.79 Å². The van der Waals surface area contributed by atoms with E-state index in [9.17, 15) is 4.79 Å². The van der Waals surface area contributed by atoms with Crippen molar-refractivity contribution in [2.24, 2.45) is 0 Å². The standard InChI is InChI=1S/C10H12ClNO2/c1-7(14)12-9-3-2-8(4-5-13)10(11)6-9/h2-3,6,13H,4-5H2,1H3,(H,12,14). The molecule has 0 fully saturated rings. The van der Waals surface area contributed by atoms with Crippen molar-refractivity contribution in [1.82, 2.24) is 0 Å². The van der Waals surface area contributed by atoms with E-state index in [0.29, 0.717) is 17.1 Å². The van der Waals surface area contributed by atoms with Crippen LogP contribution in [0.1, 0.15) is 12.5 Å². The van der Waals surface area contributed by atoms with Crippen LogP contribution in [0.25, 0.3) is 0 Å². The number of hydrogen-bond acceptors (Lipinski definition) is 2. The lowest BCUT2D eigenvalue weighted by atomic mass is 10.1. The lowest BCUT2D eigenvalue weighted by molar-refractivity contribution is -0.114. The second-order valence-corrected chi connectivity index (χ2v) is 3.37. The topological polar surface area (TPSA) is 49.3 Å². The molecule has 0 aromatic heterocycles. The first-order valence-corrected chi connectivity index (χ1v) is 4.68. The van der Waals surface area contributed by atoms with Gasteiger partial charge in [0.25, 0.3) is 0 Å². The fourth-order valence-corrected chi connectivity index (χ4v) is 1.43. The predicted molar refractivity (Wildman–Crippen MR) is 56.5 cm³/mol. The molecular formula is C10H12ClNO2. The summed E-state index contributed by atoms with van der Waals surface area (Å²) in [7, 11) is 0. The molecule has 1 rings (SSSR count). The van der Waals surface area contributed by atoms with Crippen LogP contribution in [-0.2, 0) is 11.2 Å². The summed E-state index contributed by atoms with van der Waals surface area (Å²) in [6, 6.07) is 5.23. The Morgan fingerprint density at radius 2 is 2.29 bits per heavy atom. The van der Waals surface area contributed by atoms with Crippen molar-refractivity contribution in [3.8, 4) is 0 Å². The fraction of sp³-hybridized carbons (Fsp3) is 0.300. The van der Waals surface area contributed by atoms with E-state index in [1.165, 1.54) is 6.92 Å². The maximum absolute atomic E-state index is 10.7. The summed E-state index contributed by atoms with van der Waals surface area (Å²) in [4.78, 5) is 10.7. The van der Waals surface area contributed by atoms with Gasteiger partial charge in [0.15, 0.2) is 0 Å². The summed E-state index contributed by atoms with van der Waals surface area (Å²) < 4.78 is 0. The zero-order chi connectivity index (χ0) is 10.6. The molecule has 0 bridgehead atoms. The first kappa shape index (κ1) is 11.0. The third-order valence-corrected chi connectivity index (χ3v) is 2.11. The normalized spacial score (nSPS) is 9.93. The number of benzene rings is 1. The molecule has 0 spiro atoms. The van der Waals surface area contributed by atoms with E-state index < -0.39 is 0 Å². The number of aliphatic hydroxyl groups excluding tert-OH is 1. The quantitative estimate of drug-likeness (QED) is 0.805. The second kappa shape index (κ2) is 4.98. The molecular weight excluding hydrogens is 202 g/mol. The zero-order valence-corrected chi connectivity index (χ0v) is 8.64. The molecule has 4 heteroatoms. The van der Waals surface area contributed by atoms with Gasteiger partial charge in [0, 0.05) is 24.2 Å². The van der Waals surface area contributed by atoms with Crippen molar-refractivity contribution in [2.75, 3.05) is 11.9 Å². The van der Waals surface area contributed by atoms with Crippen molar-refractivity contribution < 1.29 is 9.90 Å². The molecule has 0 aliphatic heterocycles. The van der Waals surface area contributed by atoms with Crippen LogP contribution in [-0.4, -0.2) is 17.6 Å². The van der Waals surface area contributed by atoms with Gasteiger partial charge in [-0.25, -0.2) is 0 Å². The van der Waals surface area contributed by atoms with Gasteiger partial charge in [0.2, 0.25) is 5.91 Å². The van der Waals surface area contributed by atoms with Crippen molar-refractivity contribution >= 4 is 23.2 Å². The van der Waals surface area contributed by atoms with Crippen molar-refractivity contribution in [2.45, 2.75) is 13.3 Å². The Labute approximate surface area is 87.7 Å². The molecule has 1 aromatic rings. The van der Waals surface area contributed by atoms with Gasteiger partial charge < -0.3 is 10.4 Å². The molecule has 0 saturated heterocycles. The zero-order valence-electron chi connectivity index (χ0n) is 7.88. The van der Waals surface area contributed by atoms with Gasteiger partial charge in [0.1, 0.15) is 0 Å². The van der Waals surface area contributed by atoms with E-state index >= 15 is 0 Å². The van der Waals surface area contributed by atoms with E-state index in [2.05, 4.69) is 5.32 Å². The van der Waals surface area contributed by atoms with Crippen LogP contribution in [0.3, 0.4) is 0 Å². The number of nitrogens with one attached hydrogen (secondary N) is 1. The molecule has 14 heavy (non-hydrogen) atoms. The molecule has 76 valence electrons. The number of halogens is 1. The van der Waals surface area contributed by atoms with Crippen LogP contribution >= 0.6 is 11.6 Å². The molecule has 1 aromatic carbocycles. The van der Waals surface area contributed by atoms with Crippen molar-refractivity contribution in [3.05, 3.63) is 28.8 Å². The van der Waals surface area contributed by atoms with E-state index in [4.69, 9.17) is 16.7 Å². The van der Waals surface area contributed by atoms with E-state index in [1.807, 2.05) is 0 Å². The highest BCUT2D eigenvalue weighted by Crippen LogP contribution is 2.21. The van der Waals surface area contributed by atoms with Gasteiger partial charge in [-0.15, -0.1) is 0 Å². The molecule has 0 aliphatic rings. The van der Waals surface area contributed by atoms with Crippen LogP contribution in [0.5, 0.6) is 0 Å². The van der Waals surface area contributed by atoms with Crippen LogP contribution in [0, 0.1) is 0 Å². The molecule has 0 aliphatic carbocycles. The average molecular weight is 214 g/mol. The SMILES string of the molecule is CC(=O)Nc1ccc(CCO)c(Cl)c1. The molecule has 0 atom stereocenters. The Morgan fingerprint density at radius 1 is 1.57 bits per heavy atom. The van der Waals surface area contributed by atoms with Gasteiger partial charge in [-0.2, -0.15) is 0 Å². The molecule has 3 nitrogen and oxygen atoms in total. The third-order valence-electron chi connectivity index (χ3n) is 1.75. The second-order valence-electron chi connectivity index (χ2n) is 2.96. The monoisotopic (exact) mass is 213 g/mol. The number of aliphatic hydroxyl groups is 1. The first-order chi connectivity index (χ1) is 6.63. The minimum atomic E-state index is -0.129. The Kier molecular flexibility index (Phi) is 3.92. The maximum atomic E-state index is 10.7. The third kappa shape index (κ3) is 3.01. The Morgan fingerprint density at radius 3 is 2.79 bits per heavy atom. The lowest BCUT2D eigenvalue weighted by Gasteiger charge is -2.06. The number of carbonyl (C=O) groups is 1. The van der Waals surface area contributed by atoms with Crippen LogP contribution in [0.4, 0.5) is 5.69 Å². The maximum Gasteiger partial charge on any atom is 0.221 e. The number of amides is 1. The number of rotatable bonds is 3. The highest BCUT2D eigenvalue weighted by molar-refractivity contribution is 6.31. The minimum absolute atomic E-state index is 0.0687. The van der Waals surface area contributed by atoms with Gasteiger partial charge in [-0.05, 0) is 24.1 Å². The molecule has 0 radical (unpaired) electrons. The Hall–Kier alpha value is -1.06. The number of anilines is 1. The van der Waals surface area contributed by atoms with E-state index in [0.717, 1.165) is 5.56 Å². The minimum Gasteiger partial charge on any atom is -0.396 e. The summed E-state index contributed by atoms with van der Waals surface area (Å²) in [5.41, 5.74) is 1.55. The summed E-state index contributed by atoms with van der Waals surface area (Å²) in [5, 5.41) is 11.9. The van der Waals surface area contributed by atoms with Crippen LogP contribution < -0.4 is 5.32 Å². The summed E-state index contributed by atoms with van der Waals surface area (Å²) in [6.07, 6.45) is 0.527. The Balaban J connectivity index is 2.83. The number of hydrogen-bond donors (Lipinski definition) is 2. The van der Waals surface area contributed by atoms with E-state index in [-0.39, 0.29) is 12.5 Å². The summed E-state index contributed by atoms with van der Waals surface area (Å²) in [6.45, 7) is 1.51. The smallest absolute Gasteiger partial charge is 0.221 e. The Bertz CT molecular complexity index is 339. The van der Waals surface area contributed by atoms with Gasteiger partial charge in [0.05, 0.1) is 0 Å². The first-order valence-electron chi connectivity index (χ1n) is 4.30. The highest BCUT2D eigenvalue weighted by atomic mass is 35.5. The van der Waals surface area contributed by atoms with Crippen molar-refractivity contribution in [1.29, 1.82) is 0 Å². The van der Waals surface area contributed by atoms with Crippen LogP contribution in [0.2, 0.25) is 5.02 Å². The summed E-state index contributed by atoms with van der Waals surface area (Å²) >= 11 is 5.93. The predicted octanol–water partition coefficient (Wildman–Crippen LogP) is 1.83. The van der Waals surface area contributed by atoms with Crippen molar-refractivity contribution in [3.63, 3.8) is 0 Å². The van der Waals surface area contributed by atoms with Crippen LogP contribution in [0.15, 0.2) is 18.2 Å². The molecule has 0 saturated carbocycles. The molecule has 0 heterocycles. The molecule has 2 N–H and O–H groups in total. The molecule has 0 unspecified atom stereocenters. The largest absolute Gasteiger partial charge is 0.396 e. The average Bonchev–Trinajstić information content (AvgIpc) is 2.09. The summed E-state index contributed by atoms with van der Waals surface area (Å²) in [5.74, 6) is -0.129. The lowest BCUT2D eigenvalue weighted by Crippen LogP contribution is -2.05. The highest BCUT2D eigenvalue weighted by Gasteiger charge is 2.02. The number of carbonyl (C=O) groups excluding carboxylic acids is 1.